The van der Waals surface area contributed by atoms with Gasteiger partial charge in [0.25, 0.3) is 0 Å². The molecule has 0 aliphatic carbocycles. The number of carboxylic acid groups (broad SMARTS) is 1. The molecule has 8 nitrogen and oxygen atoms in total. The summed E-state index contributed by atoms with van der Waals surface area (Å²) < 4.78 is 43.0. The van der Waals surface area contributed by atoms with Gasteiger partial charge in [0.1, 0.15) is 11.3 Å². The summed E-state index contributed by atoms with van der Waals surface area (Å²) in [5, 5.41) is 17.3. The van der Waals surface area contributed by atoms with Gasteiger partial charge in [-0.3, -0.25) is 9.11 Å². The van der Waals surface area contributed by atoms with E-state index in [4.69, 9.17) is 19.3 Å². The van der Waals surface area contributed by atoms with Crippen LogP contribution in [0.1, 0.15) is 10.4 Å². The first-order valence-electron chi connectivity index (χ1n) is 3.76. The molecular weight excluding hydrogens is 354 g/mol. The van der Waals surface area contributed by atoms with Crippen LogP contribution in [0.25, 0.3) is 0 Å². The first-order valence-corrected chi connectivity index (χ1v) is 6.82. The van der Waals surface area contributed by atoms with E-state index in [1.165, 1.54) is 12.1 Å². The zero-order valence-electron chi connectivity index (χ0n) is 8.05. The van der Waals surface area contributed by atoms with E-state index in [0.29, 0.717) is 0 Å². The van der Waals surface area contributed by atoms with Gasteiger partial charge in [0.15, 0.2) is 0 Å². The predicted octanol–water partition coefficient (Wildman–Crippen LogP) is -1.20. The molecule has 0 aliphatic heterocycles. The summed E-state index contributed by atoms with van der Waals surface area (Å²) in [6, 6.07) is 5.81. The minimum absolute atomic E-state index is 0. The molecule has 1 rings (SSSR count). The predicted molar refractivity (Wildman–Crippen MR) is 71.7 cm³/mol. The van der Waals surface area contributed by atoms with Crippen molar-refractivity contribution in [2.24, 2.45) is 0 Å². The maximum atomic E-state index is 10.3. The number of rotatable bonds is 2. The van der Waals surface area contributed by atoms with Crippen molar-refractivity contribution in [1.29, 1.82) is 0 Å². The minimum atomic E-state index is -4.71. The van der Waals surface area contributed by atoms with Gasteiger partial charge in [-0.1, -0.05) is 12.1 Å². The van der Waals surface area contributed by atoms with Crippen molar-refractivity contribution in [2.75, 3.05) is 0 Å². The average molecular weight is 364 g/mol. The van der Waals surface area contributed by atoms with Gasteiger partial charge in [-0.05, 0) is 12.1 Å². The summed E-state index contributed by atoms with van der Waals surface area (Å²) in [6.07, 6.45) is 0. The summed E-state index contributed by atoms with van der Waals surface area (Å²) in [4.78, 5) is 10.3. The van der Waals surface area contributed by atoms with Gasteiger partial charge in [-0.2, -0.15) is 8.42 Å². The van der Waals surface area contributed by atoms with Crippen molar-refractivity contribution in [1.82, 2.24) is 0 Å². The first kappa shape index (κ1) is 25.7. The molecule has 1 unspecified atom stereocenters. The molecular formula is C7H10K2O8S2. The maximum absolute atomic E-state index is 10.3. The van der Waals surface area contributed by atoms with Crippen molar-refractivity contribution in [3.63, 3.8) is 0 Å². The number of carbonyl (C=O) groups is 1. The van der Waals surface area contributed by atoms with E-state index in [1.807, 2.05) is 0 Å². The Hall–Kier alpha value is 1.78. The van der Waals surface area contributed by atoms with Gasteiger partial charge >= 0.3 is 128 Å². The summed E-state index contributed by atoms with van der Waals surface area (Å²) >= 11 is 0. The number of aromatic hydroxyl groups is 1. The van der Waals surface area contributed by atoms with Gasteiger partial charge in [0, 0.05) is 0 Å². The summed E-state index contributed by atoms with van der Waals surface area (Å²) in [6.45, 7) is 0. The van der Waals surface area contributed by atoms with Crippen molar-refractivity contribution in [3.05, 3.63) is 29.8 Å². The molecule has 0 fully saturated rings. The number of para-hydroxylation sites is 1. The van der Waals surface area contributed by atoms with Crippen LogP contribution in [-0.4, -0.2) is 141 Å². The van der Waals surface area contributed by atoms with Gasteiger partial charge in [0.2, 0.25) is 0 Å². The quantitative estimate of drug-likeness (QED) is 0.221. The average Bonchev–Trinajstić information content (AvgIpc) is 2.17. The van der Waals surface area contributed by atoms with Crippen molar-refractivity contribution in [3.8, 4) is 5.75 Å². The molecule has 1 aromatic carbocycles. The van der Waals surface area contributed by atoms with Crippen molar-refractivity contribution >= 4 is 128 Å². The molecule has 1 atom stereocenters. The number of hydrogen-bond donors (Lipinski definition) is 4. The molecule has 0 aromatic heterocycles. The molecule has 0 bridgehead atoms. The standard InChI is InChI=1S/C7H6O3.2K.H2O5S2.2H/c8-6-4-2-1-3-5(6)7(9)10;;;1-6(2)7(3,4)5;;/h1-4,8H,(H,9,10);;;(H,1,2)(H,3,4,5);;. The Morgan fingerprint density at radius 3 is 1.74 bits per heavy atom. The molecule has 0 amide bonds. The van der Waals surface area contributed by atoms with Crippen LogP contribution < -0.4 is 0 Å². The van der Waals surface area contributed by atoms with Crippen LogP contribution in [0.5, 0.6) is 5.75 Å². The summed E-state index contributed by atoms with van der Waals surface area (Å²) in [5.74, 6) is -1.31. The SMILES string of the molecule is O=C(O)c1ccccc1O.O=S(O)S(=O)(=O)O.[KH].[KH]. The molecule has 0 saturated carbocycles. The van der Waals surface area contributed by atoms with E-state index in [9.17, 15) is 17.4 Å². The van der Waals surface area contributed by atoms with E-state index < -0.39 is 25.2 Å². The molecule has 4 N–H and O–H groups in total. The van der Waals surface area contributed by atoms with Crippen LogP contribution in [0.3, 0.4) is 0 Å². The molecule has 100 valence electrons. The zero-order chi connectivity index (χ0) is 13.6. The Kier molecular flexibility index (Phi) is 16.7. The van der Waals surface area contributed by atoms with Crippen LogP contribution in [0.2, 0.25) is 0 Å². The number of benzene rings is 1. The third-order valence-corrected chi connectivity index (χ3v) is 2.76. The fourth-order valence-corrected chi connectivity index (χ4v) is 0.654. The van der Waals surface area contributed by atoms with Gasteiger partial charge in [0.05, 0.1) is 0 Å². The Labute approximate surface area is 196 Å². The fraction of sp³-hybridized carbons (Fsp3) is 0. The second-order valence-corrected chi connectivity index (χ2v) is 5.88. The first-order chi connectivity index (χ1) is 7.66. The van der Waals surface area contributed by atoms with Gasteiger partial charge in [-0.15, -0.1) is 0 Å². The van der Waals surface area contributed by atoms with E-state index in [-0.39, 0.29) is 114 Å². The molecule has 0 heterocycles. The number of hydrogen-bond acceptors (Lipinski definition) is 5. The van der Waals surface area contributed by atoms with Crippen LogP contribution in [0.15, 0.2) is 24.3 Å². The second kappa shape index (κ2) is 12.3. The Balaban J connectivity index is -0.000000258. The van der Waals surface area contributed by atoms with Crippen LogP contribution in [0.4, 0.5) is 0 Å². The molecule has 12 heteroatoms. The van der Waals surface area contributed by atoms with Gasteiger partial charge < -0.3 is 10.2 Å². The van der Waals surface area contributed by atoms with E-state index >= 15 is 0 Å². The second-order valence-electron chi connectivity index (χ2n) is 2.47. The van der Waals surface area contributed by atoms with E-state index in [1.54, 1.807) is 12.1 Å². The van der Waals surface area contributed by atoms with E-state index in [2.05, 4.69) is 0 Å². The monoisotopic (exact) mass is 364 g/mol. The topological polar surface area (TPSA) is 149 Å². The van der Waals surface area contributed by atoms with Crippen LogP contribution in [0, 0.1) is 0 Å². The Morgan fingerprint density at radius 1 is 1.16 bits per heavy atom. The normalized spacial score (nSPS) is 10.8. The molecule has 19 heavy (non-hydrogen) atoms. The molecule has 0 saturated heterocycles. The summed E-state index contributed by atoms with van der Waals surface area (Å²) in [7, 11) is -7.87. The molecule has 0 radical (unpaired) electrons. The van der Waals surface area contributed by atoms with E-state index in [0.717, 1.165) is 0 Å². The van der Waals surface area contributed by atoms with Crippen molar-refractivity contribution < 1.29 is 36.7 Å². The Bertz CT molecular complexity index is 530. The molecule has 0 aliphatic rings. The zero-order valence-corrected chi connectivity index (χ0v) is 9.68. The Morgan fingerprint density at radius 2 is 1.53 bits per heavy atom. The third-order valence-electron chi connectivity index (χ3n) is 1.31. The van der Waals surface area contributed by atoms with Gasteiger partial charge in [-0.25, -0.2) is 9.00 Å². The third kappa shape index (κ3) is 12.1. The van der Waals surface area contributed by atoms with Crippen LogP contribution >= 0.6 is 0 Å². The summed E-state index contributed by atoms with van der Waals surface area (Å²) in [5.41, 5.74) is -0.0671. The number of carboxylic acids is 1. The fourth-order valence-electron chi connectivity index (χ4n) is 0.654. The molecule has 1 aromatic rings. The molecule has 0 spiro atoms. The van der Waals surface area contributed by atoms with Crippen LogP contribution in [-0.2, 0) is 19.3 Å². The number of phenols is 1. The van der Waals surface area contributed by atoms with Crippen molar-refractivity contribution in [2.45, 2.75) is 0 Å². The number of aromatic carboxylic acids is 1.